The maximum atomic E-state index is 13.4. The van der Waals surface area contributed by atoms with Crippen LogP contribution in [-0.2, 0) is 17.7 Å². The molecule has 0 radical (unpaired) electrons. The van der Waals surface area contributed by atoms with Crippen LogP contribution in [0.3, 0.4) is 0 Å². The Morgan fingerprint density at radius 3 is 2.67 bits per heavy atom. The van der Waals surface area contributed by atoms with E-state index in [2.05, 4.69) is 33.3 Å². The monoisotopic (exact) mass is 576 g/mol. The summed E-state index contributed by atoms with van der Waals surface area (Å²) in [6.45, 7) is 6.09. The molecule has 0 bridgehead atoms. The summed E-state index contributed by atoms with van der Waals surface area (Å²) in [7, 11) is 0. The third-order valence-electron chi connectivity index (χ3n) is 8.02. The van der Waals surface area contributed by atoms with E-state index in [9.17, 15) is 18.4 Å². The van der Waals surface area contributed by atoms with Crippen molar-refractivity contribution in [3.63, 3.8) is 0 Å². The van der Waals surface area contributed by atoms with Crippen LogP contribution in [0.5, 0.6) is 0 Å². The maximum Gasteiger partial charge on any atom is 0.410 e. The quantitative estimate of drug-likeness (QED) is 0.303. The predicted octanol–water partition coefficient (Wildman–Crippen LogP) is 6.40. The Kier molecular flexibility index (Phi) is 6.98. The minimum atomic E-state index is -2.82. The smallest absolute Gasteiger partial charge is 0.410 e. The summed E-state index contributed by atoms with van der Waals surface area (Å²) in [6.07, 6.45) is 7.87. The molecule has 0 aliphatic carbocycles. The Labute approximate surface area is 242 Å². The first-order valence-electron chi connectivity index (χ1n) is 14.2. The van der Waals surface area contributed by atoms with E-state index in [0.29, 0.717) is 30.7 Å². The van der Waals surface area contributed by atoms with E-state index in [0.717, 1.165) is 63.5 Å². The van der Waals surface area contributed by atoms with Crippen LogP contribution in [0, 0.1) is 6.92 Å². The minimum Gasteiger partial charge on any atom is -0.444 e. The molecule has 0 spiro atoms. The number of nitrogens with zero attached hydrogens (tertiary/aromatic N) is 5. The van der Waals surface area contributed by atoms with Crippen LogP contribution >= 0.6 is 0 Å². The molecule has 0 saturated carbocycles. The number of amides is 2. The van der Waals surface area contributed by atoms with Crippen LogP contribution in [0.4, 0.5) is 13.6 Å². The molecular formula is C31H34F2N6O3. The molecule has 4 aromatic rings. The van der Waals surface area contributed by atoms with E-state index in [-0.39, 0.29) is 23.6 Å². The number of fused-ring (bicyclic) bond motifs is 2. The SMILES string of the molecule is Cc1c[nH]c2ncc(-c3cc4c(c(C5CCCN5C(=O)OC(C)(C)C)c3)CN(C(=O)c3cnn(C(F)F)c3)CC4)cc12. The van der Waals surface area contributed by atoms with Crippen molar-refractivity contribution < 1.29 is 23.1 Å². The molecule has 5 heterocycles. The van der Waals surface area contributed by atoms with Crippen molar-refractivity contribution in [2.24, 2.45) is 0 Å². The number of carbonyl (C=O) groups is 2. The highest BCUT2D eigenvalue weighted by molar-refractivity contribution is 5.94. The number of aromatic nitrogens is 4. The van der Waals surface area contributed by atoms with E-state index in [1.54, 1.807) is 9.80 Å². The molecule has 2 aliphatic heterocycles. The maximum absolute atomic E-state index is 13.4. The van der Waals surface area contributed by atoms with Gasteiger partial charge in [-0.25, -0.2) is 14.5 Å². The van der Waals surface area contributed by atoms with Gasteiger partial charge in [-0.3, -0.25) is 4.79 Å². The van der Waals surface area contributed by atoms with Crippen LogP contribution in [0.2, 0.25) is 0 Å². The molecule has 3 aromatic heterocycles. The molecule has 220 valence electrons. The molecule has 1 saturated heterocycles. The van der Waals surface area contributed by atoms with Crippen LogP contribution in [0.1, 0.15) is 78.8 Å². The first-order chi connectivity index (χ1) is 20.0. The van der Waals surface area contributed by atoms with E-state index >= 15 is 0 Å². The van der Waals surface area contributed by atoms with Gasteiger partial charge in [0, 0.05) is 49.2 Å². The number of H-pyrrole nitrogens is 1. The van der Waals surface area contributed by atoms with Gasteiger partial charge in [-0.1, -0.05) is 6.07 Å². The number of carbonyl (C=O) groups excluding carboxylic acids is 2. The number of aromatic amines is 1. The van der Waals surface area contributed by atoms with Gasteiger partial charge in [-0.2, -0.15) is 13.9 Å². The van der Waals surface area contributed by atoms with Crippen molar-refractivity contribution in [3.8, 4) is 11.1 Å². The second kappa shape index (κ2) is 10.5. The van der Waals surface area contributed by atoms with Gasteiger partial charge < -0.3 is 19.5 Å². The number of rotatable bonds is 4. The molecule has 2 amide bonds. The fourth-order valence-corrected chi connectivity index (χ4v) is 5.99. The van der Waals surface area contributed by atoms with Gasteiger partial charge in [0.25, 0.3) is 5.91 Å². The number of nitrogens with one attached hydrogen (secondary N) is 1. The third kappa shape index (κ3) is 5.23. The molecule has 1 N–H and O–H groups in total. The third-order valence-corrected chi connectivity index (χ3v) is 8.02. The Balaban J connectivity index is 1.41. The number of ether oxygens (including phenoxy) is 1. The molecular weight excluding hydrogens is 542 g/mol. The van der Waals surface area contributed by atoms with Crippen molar-refractivity contribution in [1.29, 1.82) is 0 Å². The lowest BCUT2D eigenvalue weighted by Gasteiger charge is -2.34. The van der Waals surface area contributed by atoms with Crippen LogP contribution in [0.25, 0.3) is 22.2 Å². The molecule has 1 fully saturated rings. The van der Waals surface area contributed by atoms with E-state index in [1.807, 2.05) is 40.1 Å². The summed E-state index contributed by atoms with van der Waals surface area (Å²) in [4.78, 5) is 37.9. The summed E-state index contributed by atoms with van der Waals surface area (Å²) >= 11 is 0. The lowest BCUT2D eigenvalue weighted by Crippen LogP contribution is -2.39. The predicted molar refractivity (Wildman–Crippen MR) is 153 cm³/mol. The van der Waals surface area contributed by atoms with Crippen LogP contribution in [0.15, 0.2) is 43.0 Å². The number of aryl methyl sites for hydroxylation is 1. The van der Waals surface area contributed by atoms with Crippen molar-refractivity contribution in [2.45, 2.75) is 71.7 Å². The highest BCUT2D eigenvalue weighted by Gasteiger charge is 2.36. The van der Waals surface area contributed by atoms with Crippen molar-refractivity contribution >= 4 is 23.0 Å². The Morgan fingerprint density at radius 1 is 1.12 bits per heavy atom. The zero-order valence-corrected chi connectivity index (χ0v) is 24.2. The Bertz CT molecular complexity index is 1670. The van der Waals surface area contributed by atoms with E-state index < -0.39 is 12.2 Å². The number of hydrogen-bond donors (Lipinski definition) is 1. The minimum absolute atomic E-state index is 0.120. The molecule has 42 heavy (non-hydrogen) atoms. The fraction of sp³-hybridized carbons (Fsp3) is 0.419. The highest BCUT2D eigenvalue weighted by Crippen LogP contribution is 2.40. The summed E-state index contributed by atoms with van der Waals surface area (Å²) in [5.74, 6) is -0.351. The van der Waals surface area contributed by atoms with Crippen molar-refractivity contribution in [2.75, 3.05) is 13.1 Å². The molecule has 1 atom stereocenters. The molecule has 1 aromatic carbocycles. The number of benzene rings is 1. The highest BCUT2D eigenvalue weighted by atomic mass is 19.3. The van der Waals surface area contributed by atoms with Gasteiger partial charge in [-0.15, -0.1) is 0 Å². The largest absolute Gasteiger partial charge is 0.444 e. The topological polar surface area (TPSA) is 96.3 Å². The number of hydrogen-bond acceptors (Lipinski definition) is 5. The number of pyridine rings is 1. The summed E-state index contributed by atoms with van der Waals surface area (Å²) in [6, 6.07) is 6.16. The number of halogens is 2. The van der Waals surface area contributed by atoms with Gasteiger partial charge >= 0.3 is 12.6 Å². The first kappa shape index (κ1) is 27.9. The normalized spacial score (nSPS) is 17.3. The van der Waals surface area contributed by atoms with E-state index in [4.69, 9.17) is 4.74 Å². The Hall–Kier alpha value is -4.28. The average Bonchev–Trinajstić information content (AvgIpc) is 3.71. The molecule has 1 unspecified atom stereocenters. The number of likely N-dealkylation sites (tertiary alicyclic amines) is 1. The first-order valence-corrected chi connectivity index (χ1v) is 14.2. The van der Waals surface area contributed by atoms with Gasteiger partial charge in [0.2, 0.25) is 0 Å². The van der Waals surface area contributed by atoms with Crippen molar-refractivity contribution in [3.05, 3.63) is 70.8 Å². The van der Waals surface area contributed by atoms with Gasteiger partial charge in [-0.05, 0) is 86.9 Å². The number of alkyl halides is 2. The van der Waals surface area contributed by atoms with Gasteiger partial charge in [0.15, 0.2) is 0 Å². The second-order valence-corrected chi connectivity index (χ2v) is 12.1. The Morgan fingerprint density at radius 2 is 1.93 bits per heavy atom. The molecule has 11 heteroatoms. The van der Waals surface area contributed by atoms with Crippen molar-refractivity contribution in [1.82, 2.24) is 29.5 Å². The fourth-order valence-electron chi connectivity index (χ4n) is 5.99. The zero-order valence-electron chi connectivity index (χ0n) is 24.2. The lowest BCUT2D eigenvalue weighted by molar-refractivity contribution is 0.0222. The van der Waals surface area contributed by atoms with E-state index in [1.165, 1.54) is 6.20 Å². The average molecular weight is 577 g/mol. The summed E-state index contributed by atoms with van der Waals surface area (Å²) in [5, 5.41) is 4.68. The van der Waals surface area contributed by atoms with Gasteiger partial charge in [0.05, 0.1) is 17.8 Å². The molecule has 9 nitrogen and oxygen atoms in total. The van der Waals surface area contributed by atoms with Gasteiger partial charge in [0.1, 0.15) is 11.2 Å². The second-order valence-electron chi connectivity index (χ2n) is 12.1. The van der Waals surface area contributed by atoms with Crippen LogP contribution in [-0.4, -0.2) is 60.2 Å². The zero-order chi connectivity index (χ0) is 29.8. The molecule has 6 rings (SSSR count). The lowest BCUT2D eigenvalue weighted by atomic mass is 9.86. The summed E-state index contributed by atoms with van der Waals surface area (Å²) < 4.78 is 32.5. The van der Waals surface area contributed by atoms with Crippen LogP contribution < -0.4 is 0 Å². The standard InChI is InChI=1S/C31H34F2N6O3/c1-18-13-34-27-23(18)12-21(14-35-27)20-10-19-7-9-37(28(40)22-15-36-39(16-22)29(32)33)17-25(19)24(11-20)26-6-5-8-38(26)30(41)42-31(2,3)4/h10-16,26,29H,5-9,17H2,1-4H3,(H,34,35). The molecule has 2 aliphatic rings. The summed E-state index contributed by atoms with van der Waals surface area (Å²) in [5.41, 5.74) is 6.42.